The molecule has 2 aliphatic heterocycles. The van der Waals surface area contributed by atoms with Crippen molar-refractivity contribution < 1.29 is 4.79 Å². The highest BCUT2D eigenvalue weighted by Gasteiger charge is 2.27. The van der Waals surface area contributed by atoms with Gasteiger partial charge in [-0.25, -0.2) is 0 Å². The van der Waals surface area contributed by atoms with Gasteiger partial charge in [-0.1, -0.05) is 55.3 Å². The summed E-state index contributed by atoms with van der Waals surface area (Å²) in [6.45, 7) is 4.00. The predicted octanol–water partition coefficient (Wildman–Crippen LogP) is 4.40. The second-order valence-electron chi connectivity index (χ2n) is 7.60. The zero-order chi connectivity index (χ0) is 18.5. The molecule has 0 aromatic heterocycles. The molecule has 4 rings (SSSR count). The summed E-state index contributed by atoms with van der Waals surface area (Å²) in [5.41, 5.74) is 3.89. The fourth-order valence-electron chi connectivity index (χ4n) is 4.04. The molecule has 27 heavy (non-hydrogen) atoms. The Morgan fingerprint density at radius 3 is 2.44 bits per heavy atom. The van der Waals surface area contributed by atoms with E-state index in [4.69, 9.17) is 0 Å². The quantitative estimate of drug-likeness (QED) is 0.835. The first-order valence-electron chi connectivity index (χ1n) is 10.1. The van der Waals surface area contributed by atoms with E-state index >= 15 is 0 Å². The number of hydrogen-bond acceptors (Lipinski definition) is 3. The van der Waals surface area contributed by atoms with Crippen LogP contribution >= 0.6 is 11.8 Å². The number of thioether (sulfide) groups is 1. The zero-order valence-corrected chi connectivity index (χ0v) is 16.6. The second-order valence-corrected chi connectivity index (χ2v) is 8.84. The third-order valence-corrected chi connectivity index (χ3v) is 6.92. The van der Waals surface area contributed by atoms with Crippen molar-refractivity contribution in [1.82, 2.24) is 10.2 Å². The van der Waals surface area contributed by atoms with E-state index in [2.05, 4.69) is 52.7 Å². The van der Waals surface area contributed by atoms with Gasteiger partial charge in [0.25, 0.3) is 0 Å². The van der Waals surface area contributed by atoms with E-state index in [1.54, 1.807) is 11.8 Å². The Bertz CT molecular complexity index is 758. The van der Waals surface area contributed by atoms with E-state index < -0.39 is 0 Å². The Balaban J connectivity index is 1.35. The van der Waals surface area contributed by atoms with E-state index in [0.717, 1.165) is 13.0 Å². The summed E-state index contributed by atoms with van der Waals surface area (Å²) < 4.78 is 0. The summed E-state index contributed by atoms with van der Waals surface area (Å²) in [4.78, 5) is 16.5. The van der Waals surface area contributed by atoms with Crippen LogP contribution in [-0.4, -0.2) is 29.1 Å². The largest absolute Gasteiger partial charge is 0.351 e. The minimum atomic E-state index is 0.000157. The minimum absolute atomic E-state index is 0.000157. The highest BCUT2D eigenvalue weighted by atomic mass is 32.2. The van der Waals surface area contributed by atoms with Crippen molar-refractivity contribution in [3.8, 4) is 0 Å². The number of amides is 1. The molecule has 2 heterocycles. The predicted molar refractivity (Wildman–Crippen MR) is 112 cm³/mol. The van der Waals surface area contributed by atoms with Crippen LogP contribution in [0.25, 0.3) is 0 Å². The molecule has 1 amide bonds. The van der Waals surface area contributed by atoms with E-state index in [0.29, 0.717) is 6.54 Å². The number of hydrogen-bond donors (Lipinski definition) is 1. The molecule has 142 valence electrons. The topological polar surface area (TPSA) is 32.3 Å². The van der Waals surface area contributed by atoms with E-state index in [1.165, 1.54) is 60.4 Å². The lowest BCUT2D eigenvalue weighted by Gasteiger charge is -2.22. The lowest BCUT2D eigenvalue weighted by Crippen LogP contribution is -2.32. The first-order valence-corrected chi connectivity index (χ1v) is 11.0. The summed E-state index contributed by atoms with van der Waals surface area (Å²) >= 11 is 1.69. The van der Waals surface area contributed by atoms with Crippen molar-refractivity contribution in [2.45, 2.75) is 55.3 Å². The van der Waals surface area contributed by atoms with Crippen LogP contribution < -0.4 is 5.32 Å². The molecule has 1 fully saturated rings. The molecule has 0 spiro atoms. The third kappa shape index (κ3) is 4.74. The number of nitrogens with one attached hydrogen (secondary N) is 1. The molecule has 0 saturated carbocycles. The smallest absolute Gasteiger partial charge is 0.234 e. The number of carbonyl (C=O) groups excluding carboxylic acids is 1. The van der Waals surface area contributed by atoms with Gasteiger partial charge in [0, 0.05) is 18.0 Å². The summed E-state index contributed by atoms with van der Waals surface area (Å²) in [5, 5.41) is 3.19. The highest BCUT2D eigenvalue weighted by molar-refractivity contribution is 8.01. The van der Waals surface area contributed by atoms with Gasteiger partial charge in [-0.2, -0.15) is 0 Å². The maximum absolute atomic E-state index is 12.7. The number of carbonyl (C=O) groups is 1. The number of rotatable bonds is 5. The van der Waals surface area contributed by atoms with Gasteiger partial charge in [-0.05, 0) is 55.1 Å². The third-order valence-electron chi connectivity index (χ3n) is 5.60. The summed E-state index contributed by atoms with van der Waals surface area (Å²) in [6, 6.07) is 16.9. The van der Waals surface area contributed by atoms with Crippen LogP contribution in [0.5, 0.6) is 0 Å². The second kappa shape index (κ2) is 8.94. The maximum Gasteiger partial charge on any atom is 0.234 e. The highest BCUT2D eigenvalue weighted by Crippen LogP contribution is 2.36. The Kier molecular flexibility index (Phi) is 6.15. The lowest BCUT2D eigenvalue weighted by atomic mass is 10.1. The Hall–Kier alpha value is -1.78. The standard InChI is InChI=1S/C23H28N2OS/c26-23(22-15-18-9-5-6-12-21(18)27-22)24-16-19-10-3-4-11-20(19)17-25-13-7-1-2-8-14-25/h3-6,9-12,22H,1-2,7-8,13-17H2,(H,24,26). The van der Waals surface area contributed by atoms with Crippen LogP contribution in [0.3, 0.4) is 0 Å². The molecular formula is C23H28N2OS. The van der Waals surface area contributed by atoms with Gasteiger partial charge in [0.1, 0.15) is 0 Å². The molecule has 1 saturated heterocycles. The number of fused-ring (bicyclic) bond motifs is 1. The molecule has 2 aromatic rings. The maximum atomic E-state index is 12.7. The SMILES string of the molecule is O=C(NCc1ccccc1CN1CCCCCC1)C1Cc2ccccc2S1. The molecule has 1 atom stereocenters. The van der Waals surface area contributed by atoms with E-state index in [1.807, 2.05) is 6.07 Å². The fourth-order valence-corrected chi connectivity index (χ4v) is 5.26. The van der Waals surface area contributed by atoms with Gasteiger partial charge in [0.2, 0.25) is 5.91 Å². The molecule has 2 aliphatic rings. The first kappa shape index (κ1) is 18.6. The Morgan fingerprint density at radius 2 is 1.67 bits per heavy atom. The molecular weight excluding hydrogens is 352 g/mol. The number of benzene rings is 2. The van der Waals surface area contributed by atoms with Crippen molar-refractivity contribution in [3.63, 3.8) is 0 Å². The van der Waals surface area contributed by atoms with Crippen LogP contribution in [0.4, 0.5) is 0 Å². The molecule has 0 bridgehead atoms. The van der Waals surface area contributed by atoms with Gasteiger partial charge in [-0.15, -0.1) is 11.8 Å². The van der Waals surface area contributed by atoms with Crippen LogP contribution in [0.1, 0.15) is 42.4 Å². The van der Waals surface area contributed by atoms with Crippen molar-refractivity contribution in [2.24, 2.45) is 0 Å². The summed E-state index contributed by atoms with van der Waals surface area (Å²) in [5.74, 6) is 0.153. The van der Waals surface area contributed by atoms with Crippen molar-refractivity contribution in [1.29, 1.82) is 0 Å². The average Bonchev–Trinajstić information content (AvgIpc) is 2.97. The van der Waals surface area contributed by atoms with Gasteiger partial charge in [0.15, 0.2) is 0 Å². The molecule has 1 N–H and O–H groups in total. The van der Waals surface area contributed by atoms with Crippen molar-refractivity contribution in [2.75, 3.05) is 13.1 Å². The molecule has 2 aromatic carbocycles. The first-order chi connectivity index (χ1) is 13.3. The monoisotopic (exact) mass is 380 g/mol. The van der Waals surface area contributed by atoms with E-state index in [-0.39, 0.29) is 11.2 Å². The lowest BCUT2D eigenvalue weighted by molar-refractivity contribution is -0.120. The Morgan fingerprint density at radius 1 is 0.963 bits per heavy atom. The Labute approximate surface area is 166 Å². The van der Waals surface area contributed by atoms with Crippen LogP contribution in [0.2, 0.25) is 0 Å². The summed E-state index contributed by atoms with van der Waals surface area (Å²) in [6.07, 6.45) is 6.16. The normalized spacial score (nSPS) is 20.1. The number of likely N-dealkylation sites (tertiary alicyclic amines) is 1. The van der Waals surface area contributed by atoms with Crippen molar-refractivity contribution >= 4 is 17.7 Å². The average molecular weight is 381 g/mol. The van der Waals surface area contributed by atoms with Crippen LogP contribution in [0, 0.1) is 0 Å². The van der Waals surface area contributed by atoms with E-state index in [9.17, 15) is 4.79 Å². The zero-order valence-electron chi connectivity index (χ0n) is 15.8. The minimum Gasteiger partial charge on any atom is -0.351 e. The number of nitrogens with zero attached hydrogens (tertiary/aromatic N) is 1. The molecule has 3 nitrogen and oxygen atoms in total. The molecule has 4 heteroatoms. The van der Waals surface area contributed by atoms with Crippen molar-refractivity contribution in [3.05, 3.63) is 65.2 Å². The molecule has 1 unspecified atom stereocenters. The van der Waals surface area contributed by atoms with Crippen LogP contribution in [0.15, 0.2) is 53.4 Å². The van der Waals surface area contributed by atoms with Gasteiger partial charge >= 0.3 is 0 Å². The van der Waals surface area contributed by atoms with Gasteiger partial charge in [-0.3, -0.25) is 9.69 Å². The van der Waals surface area contributed by atoms with Crippen LogP contribution in [-0.2, 0) is 24.3 Å². The fraction of sp³-hybridized carbons (Fsp3) is 0.435. The van der Waals surface area contributed by atoms with Gasteiger partial charge < -0.3 is 5.32 Å². The molecule has 0 radical (unpaired) electrons. The van der Waals surface area contributed by atoms with Gasteiger partial charge in [0.05, 0.1) is 5.25 Å². The molecule has 0 aliphatic carbocycles. The summed E-state index contributed by atoms with van der Waals surface area (Å²) in [7, 11) is 0.